The van der Waals surface area contributed by atoms with E-state index in [0.29, 0.717) is 33.8 Å². The molecule has 1 aromatic heterocycles. The Morgan fingerprint density at radius 1 is 0.808 bits per heavy atom. The van der Waals surface area contributed by atoms with Crippen molar-refractivity contribution >= 4 is 11.0 Å². The van der Waals surface area contributed by atoms with Crippen LogP contribution in [0.2, 0.25) is 0 Å². The Kier molecular flexibility index (Phi) is 4.62. The SMILES string of the molecule is COc1ccc(-c2cc(=O)oc3c(O)c(OC)cc(OC)c23)cc1OC. The first-order chi connectivity index (χ1) is 12.5. The Bertz CT molecular complexity index is 1020. The number of rotatable bonds is 5. The molecule has 1 heterocycles. The summed E-state index contributed by atoms with van der Waals surface area (Å²) < 4.78 is 26.3. The molecule has 0 aliphatic heterocycles. The lowest BCUT2D eigenvalue weighted by atomic mass is 10.00. The van der Waals surface area contributed by atoms with Crippen molar-refractivity contribution in [3.05, 3.63) is 40.8 Å². The zero-order valence-corrected chi connectivity index (χ0v) is 14.8. The third kappa shape index (κ3) is 2.77. The van der Waals surface area contributed by atoms with Crippen molar-refractivity contribution in [3.8, 4) is 39.9 Å². The molecule has 3 aromatic rings. The second-order valence-corrected chi connectivity index (χ2v) is 5.38. The minimum atomic E-state index is -0.618. The van der Waals surface area contributed by atoms with Crippen LogP contribution < -0.4 is 24.6 Å². The molecule has 0 fully saturated rings. The van der Waals surface area contributed by atoms with Crippen LogP contribution in [0.25, 0.3) is 22.1 Å². The Balaban J connectivity index is 2.40. The molecule has 0 saturated heterocycles. The summed E-state index contributed by atoms with van der Waals surface area (Å²) >= 11 is 0. The molecule has 0 saturated carbocycles. The fourth-order valence-corrected chi connectivity index (χ4v) is 2.82. The minimum Gasteiger partial charge on any atom is -0.502 e. The molecule has 7 nitrogen and oxygen atoms in total. The van der Waals surface area contributed by atoms with E-state index in [2.05, 4.69) is 0 Å². The summed E-state index contributed by atoms with van der Waals surface area (Å²) in [6, 6.07) is 8.09. The lowest BCUT2D eigenvalue weighted by Crippen LogP contribution is -2.01. The first-order valence-electron chi connectivity index (χ1n) is 7.68. The van der Waals surface area contributed by atoms with E-state index in [1.54, 1.807) is 18.2 Å². The predicted octanol–water partition coefficient (Wildman–Crippen LogP) is 3.20. The van der Waals surface area contributed by atoms with Gasteiger partial charge in [0.15, 0.2) is 22.8 Å². The first-order valence-corrected chi connectivity index (χ1v) is 7.68. The number of ether oxygens (including phenoxy) is 4. The van der Waals surface area contributed by atoms with E-state index in [4.69, 9.17) is 23.4 Å². The van der Waals surface area contributed by atoms with Crippen LogP contribution in [0.1, 0.15) is 0 Å². The van der Waals surface area contributed by atoms with Gasteiger partial charge in [-0.3, -0.25) is 0 Å². The maximum atomic E-state index is 12.1. The third-order valence-corrected chi connectivity index (χ3v) is 4.05. The predicted molar refractivity (Wildman–Crippen MR) is 95.8 cm³/mol. The van der Waals surface area contributed by atoms with E-state index in [1.807, 2.05) is 0 Å². The van der Waals surface area contributed by atoms with Crippen molar-refractivity contribution in [1.82, 2.24) is 0 Å². The Hall–Kier alpha value is -3.35. The quantitative estimate of drug-likeness (QED) is 0.701. The summed E-state index contributed by atoms with van der Waals surface area (Å²) in [7, 11) is 5.94. The highest BCUT2D eigenvalue weighted by molar-refractivity contribution is 6.01. The van der Waals surface area contributed by atoms with Gasteiger partial charge >= 0.3 is 5.63 Å². The Morgan fingerprint density at radius 3 is 2.08 bits per heavy atom. The molecule has 7 heteroatoms. The van der Waals surface area contributed by atoms with Crippen molar-refractivity contribution < 1.29 is 28.5 Å². The molecular weight excluding hydrogens is 340 g/mol. The summed E-state index contributed by atoms with van der Waals surface area (Å²) in [4.78, 5) is 12.1. The lowest BCUT2D eigenvalue weighted by molar-refractivity contribution is 0.355. The van der Waals surface area contributed by atoms with Crippen LogP contribution in [0.5, 0.6) is 28.7 Å². The molecule has 26 heavy (non-hydrogen) atoms. The molecule has 136 valence electrons. The van der Waals surface area contributed by atoms with Gasteiger partial charge in [-0.15, -0.1) is 0 Å². The third-order valence-electron chi connectivity index (χ3n) is 4.05. The summed E-state index contributed by atoms with van der Waals surface area (Å²) in [5, 5.41) is 10.8. The van der Waals surface area contributed by atoms with Gasteiger partial charge in [0.25, 0.3) is 0 Å². The van der Waals surface area contributed by atoms with Crippen molar-refractivity contribution in [2.75, 3.05) is 28.4 Å². The number of aromatic hydroxyl groups is 1. The molecule has 0 unspecified atom stereocenters. The van der Waals surface area contributed by atoms with Crippen molar-refractivity contribution in [3.63, 3.8) is 0 Å². The van der Waals surface area contributed by atoms with E-state index >= 15 is 0 Å². The maximum Gasteiger partial charge on any atom is 0.336 e. The molecule has 1 N–H and O–H groups in total. The van der Waals surface area contributed by atoms with Gasteiger partial charge in [0.1, 0.15) is 5.75 Å². The highest BCUT2D eigenvalue weighted by atomic mass is 16.5. The topological polar surface area (TPSA) is 87.4 Å². The molecule has 0 atom stereocenters. The maximum absolute atomic E-state index is 12.1. The van der Waals surface area contributed by atoms with Gasteiger partial charge in [0.2, 0.25) is 5.75 Å². The smallest absolute Gasteiger partial charge is 0.336 e. The number of hydrogen-bond acceptors (Lipinski definition) is 7. The monoisotopic (exact) mass is 358 g/mol. The van der Waals surface area contributed by atoms with Crippen LogP contribution in [-0.4, -0.2) is 33.5 Å². The van der Waals surface area contributed by atoms with Crippen LogP contribution in [0, 0.1) is 0 Å². The number of phenols is 1. The fourth-order valence-electron chi connectivity index (χ4n) is 2.82. The number of fused-ring (bicyclic) bond motifs is 1. The number of benzene rings is 2. The highest BCUT2D eigenvalue weighted by Crippen LogP contribution is 2.44. The number of phenolic OH excluding ortho intramolecular Hbond substituents is 1. The van der Waals surface area contributed by atoms with E-state index in [0.717, 1.165) is 0 Å². The molecular formula is C19H18O7. The first kappa shape index (κ1) is 17.5. The van der Waals surface area contributed by atoms with Crippen molar-refractivity contribution in [2.45, 2.75) is 0 Å². The molecule has 0 radical (unpaired) electrons. The van der Waals surface area contributed by atoms with Gasteiger partial charge in [-0.2, -0.15) is 0 Å². The zero-order chi connectivity index (χ0) is 18.8. The fraction of sp³-hybridized carbons (Fsp3) is 0.211. The van der Waals surface area contributed by atoms with Crippen LogP contribution in [0.4, 0.5) is 0 Å². The summed E-state index contributed by atoms with van der Waals surface area (Å²) in [6.45, 7) is 0. The van der Waals surface area contributed by atoms with Gasteiger partial charge in [0.05, 0.1) is 33.8 Å². The second-order valence-electron chi connectivity index (χ2n) is 5.38. The summed E-state index contributed by atoms with van der Waals surface area (Å²) in [6.07, 6.45) is 0. The summed E-state index contributed by atoms with van der Waals surface area (Å²) in [5.41, 5.74) is 0.557. The molecule has 0 aliphatic carbocycles. The number of hydrogen-bond donors (Lipinski definition) is 1. The van der Waals surface area contributed by atoms with Crippen LogP contribution in [-0.2, 0) is 0 Å². The molecule has 0 aliphatic rings. The van der Waals surface area contributed by atoms with E-state index in [-0.39, 0.29) is 17.1 Å². The van der Waals surface area contributed by atoms with Crippen molar-refractivity contribution in [1.29, 1.82) is 0 Å². The average Bonchev–Trinajstić information content (AvgIpc) is 2.67. The largest absolute Gasteiger partial charge is 0.502 e. The van der Waals surface area contributed by atoms with E-state index < -0.39 is 5.63 Å². The van der Waals surface area contributed by atoms with Crippen molar-refractivity contribution in [2.24, 2.45) is 0 Å². The van der Waals surface area contributed by atoms with Crippen LogP contribution in [0.15, 0.2) is 39.5 Å². The molecule has 2 aromatic carbocycles. The standard InChI is InChI=1S/C19H18O7/c1-22-12-6-5-10(7-13(12)23-2)11-8-16(20)26-19-17(11)14(24-3)9-15(25-4)18(19)21/h5-9,21H,1-4H3. The van der Waals surface area contributed by atoms with Crippen LogP contribution in [0.3, 0.4) is 0 Å². The van der Waals surface area contributed by atoms with Gasteiger partial charge in [-0.25, -0.2) is 4.79 Å². The molecule has 3 rings (SSSR count). The second kappa shape index (κ2) is 6.87. The van der Waals surface area contributed by atoms with E-state index in [1.165, 1.54) is 40.6 Å². The van der Waals surface area contributed by atoms with Gasteiger partial charge < -0.3 is 28.5 Å². The minimum absolute atomic E-state index is 0.0153. The molecule has 0 spiro atoms. The Labute approximate surface area is 149 Å². The summed E-state index contributed by atoms with van der Waals surface area (Å²) in [5.74, 6) is 1.32. The van der Waals surface area contributed by atoms with Crippen LogP contribution >= 0.6 is 0 Å². The Morgan fingerprint density at radius 2 is 1.46 bits per heavy atom. The highest BCUT2D eigenvalue weighted by Gasteiger charge is 2.20. The normalized spacial score (nSPS) is 10.6. The molecule has 0 bridgehead atoms. The zero-order valence-electron chi connectivity index (χ0n) is 14.8. The number of methoxy groups -OCH3 is 4. The molecule has 0 amide bonds. The lowest BCUT2D eigenvalue weighted by Gasteiger charge is -2.14. The van der Waals surface area contributed by atoms with Gasteiger partial charge in [0, 0.05) is 17.7 Å². The van der Waals surface area contributed by atoms with Gasteiger partial charge in [-0.05, 0) is 17.7 Å². The van der Waals surface area contributed by atoms with Gasteiger partial charge in [-0.1, -0.05) is 6.07 Å². The average molecular weight is 358 g/mol. The van der Waals surface area contributed by atoms with E-state index in [9.17, 15) is 9.90 Å².